The first-order valence-electron chi connectivity index (χ1n) is 6.90. The summed E-state index contributed by atoms with van der Waals surface area (Å²) in [4.78, 5) is 4.48. The van der Waals surface area contributed by atoms with Crippen LogP contribution in [0, 0.1) is 6.92 Å². The molecule has 114 valence electrons. The Morgan fingerprint density at radius 2 is 2.00 bits per heavy atom. The molecule has 0 saturated heterocycles. The first-order valence-corrected chi connectivity index (χ1v) is 9.14. The Morgan fingerprint density at radius 1 is 1.23 bits per heavy atom. The van der Waals surface area contributed by atoms with Crippen molar-refractivity contribution in [2.75, 3.05) is 0 Å². The van der Waals surface area contributed by atoms with Crippen LogP contribution >= 0.6 is 34.7 Å². The van der Waals surface area contributed by atoms with Gasteiger partial charge in [-0.25, -0.2) is 4.98 Å². The molecule has 0 spiro atoms. The summed E-state index contributed by atoms with van der Waals surface area (Å²) in [7, 11) is 0. The van der Waals surface area contributed by atoms with Gasteiger partial charge in [-0.2, -0.15) is 0 Å². The fourth-order valence-corrected chi connectivity index (χ4v) is 3.84. The Balaban J connectivity index is 1.82. The van der Waals surface area contributed by atoms with Gasteiger partial charge in [-0.05, 0) is 38.1 Å². The van der Waals surface area contributed by atoms with Crippen LogP contribution in [-0.4, -0.2) is 19.7 Å². The van der Waals surface area contributed by atoms with Gasteiger partial charge in [-0.1, -0.05) is 23.4 Å². The van der Waals surface area contributed by atoms with Crippen molar-refractivity contribution in [2.24, 2.45) is 0 Å². The van der Waals surface area contributed by atoms with Crippen LogP contribution in [0.15, 0.2) is 34.8 Å². The van der Waals surface area contributed by atoms with Gasteiger partial charge in [0.2, 0.25) is 0 Å². The number of halogens is 1. The molecular weight excluding hydrogens is 336 g/mol. The van der Waals surface area contributed by atoms with E-state index in [4.69, 9.17) is 11.6 Å². The van der Waals surface area contributed by atoms with E-state index in [9.17, 15) is 0 Å². The van der Waals surface area contributed by atoms with E-state index in [0.29, 0.717) is 0 Å². The summed E-state index contributed by atoms with van der Waals surface area (Å²) in [6, 6.07) is 7.68. The van der Waals surface area contributed by atoms with Gasteiger partial charge in [0.1, 0.15) is 0 Å². The summed E-state index contributed by atoms with van der Waals surface area (Å²) >= 11 is 9.28. The molecule has 1 aromatic carbocycles. The van der Waals surface area contributed by atoms with Gasteiger partial charge >= 0.3 is 0 Å². The minimum Gasteiger partial charge on any atom is -0.302 e. The summed E-state index contributed by atoms with van der Waals surface area (Å²) in [6.45, 7) is 4.94. The molecule has 0 unspecified atom stereocenters. The molecule has 0 bridgehead atoms. The maximum Gasteiger partial charge on any atom is 0.191 e. The van der Waals surface area contributed by atoms with E-state index >= 15 is 0 Å². The van der Waals surface area contributed by atoms with Crippen LogP contribution in [0.4, 0.5) is 0 Å². The van der Waals surface area contributed by atoms with Crippen LogP contribution in [0.5, 0.6) is 0 Å². The van der Waals surface area contributed by atoms with Crippen molar-refractivity contribution in [3.8, 4) is 11.4 Å². The number of hydrogen-bond donors (Lipinski definition) is 0. The maximum atomic E-state index is 5.94. The number of hydrogen-bond acceptors (Lipinski definition) is 5. The number of rotatable bonds is 5. The van der Waals surface area contributed by atoms with Crippen LogP contribution in [0.2, 0.25) is 5.02 Å². The minimum absolute atomic E-state index is 0.722. The first-order chi connectivity index (χ1) is 10.7. The van der Waals surface area contributed by atoms with E-state index in [2.05, 4.69) is 32.1 Å². The fraction of sp³-hybridized carbons (Fsp3) is 0.267. The molecule has 0 fully saturated rings. The highest BCUT2D eigenvalue weighted by molar-refractivity contribution is 7.98. The molecule has 0 atom stereocenters. The Kier molecular flexibility index (Phi) is 4.81. The Hall–Kier alpha value is -1.37. The SMILES string of the molecule is CCn1c(SCc2csc(C)n2)nnc1-c1ccc(Cl)cc1. The van der Waals surface area contributed by atoms with E-state index in [1.54, 1.807) is 23.1 Å². The Morgan fingerprint density at radius 3 is 2.64 bits per heavy atom. The van der Waals surface area contributed by atoms with Gasteiger partial charge in [-0.15, -0.1) is 21.5 Å². The summed E-state index contributed by atoms with van der Waals surface area (Å²) in [5, 5.41) is 13.5. The topological polar surface area (TPSA) is 43.6 Å². The van der Waals surface area contributed by atoms with Crippen LogP contribution in [0.3, 0.4) is 0 Å². The van der Waals surface area contributed by atoms with E-state index in [0.717, 1.165) is 44.6 Å². The van der Waals surface area contributed by atoms with E-state index < -0.39 is 0 Å². The lowest BCUT2D eigenvalue weighted by atomic mass is 10.2. The molecule has 0 N–H and O–H groups in total. The summed E-state index contributed by atoms with van der Waals surface area (Å²) < 4.78 is 2.12. The van der Waals surface area contributed by atoms with Crippen LogP contribution in [0.25, 0.3) is 11.4 Å². The minimum atomic E-state index is 0.722. The zero-order chi connectivity index (χ0) is 15.5. The van der Waals surface area contributed by atoms with Crippen molar-refractivity contribution < 1.29 is 0 Å². The predicted octanol–water partition coefficient (Wildman–Crippen LogP) is 4.68. The number of thioether (sulfide) groups is 1. The predicted molar refractivity (Wildman–Crippen MR) is 92.6 cm³/mol. The molecule has 22 heavy (non-hydrogen) atoms. The lowest BCUT2D eigenvalue weighted by Crippen LogP contribution is -1.99. The van der Waals surface area contributed by atoms with E-state index in [1.807, 2.05) is 31.2 Å². The molecule has 2 aromatic heterocycles. The number of aromatic nitrogens is 4. The summed E-state index contributed by atoms with van der Waals surface area (Å²) in [5.41, 5.74) is 2.11. The summed E-state index contributed by atoms with van der Waals surface area (Å²) in [5.74, 6) is 1.68. The van der Waals surface area contributed by atoms with Crippen LogP contribution < -0.4 is 0 Å². The Bertz CT molecular complexity index is 764. The maximum absolute atomic E-state index is 5.94. The van der Waals surface area contributed by atoms with Crippen LogP contribution in [-0.2, 0) is 12.3 Å². The average molecular weight is 351 g/mol. The lowest BCUT2D eigenvalue weighted by molar-refractivity contribution is 0.687. The molecule has 3 aromatic rings. The molecule has 0 aliphatic carbocycles. The third kappa shape index (κ3) is 3.34. The zero-order valence-corrected chi connectivity index (χ0v) is 14.7. The average Bonchev–Trinajstić information content (AvgIpc) is 3.11. The molecule has 3 rings (SSSR count). The molecule has 0 saturated carbocycles. The van der Waals surface area contributed by atoms with Gasteiger partial charge in [0.05, 0.1) is 10.7 Å². The number of thiazole rings is 1. The largest absolute Gasteiger partial charge is 0.302 e. The van der Waals surface area contributed by atoms with E-state index in [-0.39, 0.29) is 0 Å². The van der Waals surface area contributed by atoms with Crippen molar-refractivity contribution in [1.29, 1.82) is 0 Å². The van der Waals surface area contributed by atoms with Crippen LogP contribution in [0.1, 0.15) is 17.6 Å². The molecule has 0 aliphatic heterocycles. The zero-order valence-electron chi connectivity index (χ0n) is 12.3. The third-order valence-corrected chi connectivity index (χ3v) is 5.23. The second-order valence-electron chi connectivity index (χ2n) is 4.70. The van der Waals surface area contributed by atoms with Crippen molar-refractivity contribution in [3.63, 3.8) is 0 Å². The second-order valence-corrected chi connectivity index (χ2v) is 7.15. The first kappa shape index (κ1) is 15.5. The molecule has 2 heterocycles. The van der Waals surface area contributed by atoms with E-state index in [1.165, 1.54) is 0 Å². The van der Waals surface area contributed by atoms with Crippen molar-refractivity contribution in [1.82, 2.24) is 19.7 Å². The standard InChI is InChI=1S/C15H15ClN4S2/c1-3-20-14(11-4-6-12(16)7-5-11)18-19-15(20)22-9-13-8-21-10(2)17-13/h4-8H,3,9H2,1-2H3. The normalized spacial score (nSPS) is 11.0. The molecule has 7 heteroatoms. The molecular formula is C15H15ClN4S2. The quantitative estimate of drug-likeness (QED) is 0.627. The molecule has 4 nitrogen and oxygen atoms in total. The number of nitrogens with zero attached hydrogens (tertiary/aromatic N) is 4. The number of benzene rings is 1. The highest BCUT2D eigenvalue weighted by Gasteiger charge is 2.13. The third-order valence-electron chi connectivity index (χ3n) is 3.15. The van der Waals surface area contributed by atoms with Crippen molar-refractivity contribution in [2.45, 2.75) is 31.3 Å². The fourth-order valence-electron chi connectivity index (χ4n) is 2.11. The van der Waals surface area contributed by atoms with Gasteiger partial charge < -0.3 is 4.57 Å². The monoisotopic (exact) mass is 350 g/mol. The molecule has 0 radical (unpaired) electrons. The highest BCUT2D eigenvalue weighted by atomic mass is 35.5. The second kappa shape index (κ2) is 6.81. The van der Waals surface area contributed by atoms with Gasteiger partial charge in [0.25, 0.3) is 0 Å². The molecule has 0 aliphatic rings. The van der Waals surface area contributed by atoms with Crippen molar-refractivity contribution >= 4 is 34.7 Å². The smallest absolute Gasteiger partial charge is 0.191 e. The highest BCUT2D eigenvalue weighted by Crippen LogP contribution is 2.27. The summed E-state index contributed by atoms with van der Waals surface area (Å²) in [6.07, 6.45) is 0. The van der Waals surface area contributed by atoms with Crippen molar-refractivity contribution in [3.05, 3.63) is 45.4 Å². The van der Waals surface area contributed by atoms with Gasteiger partial charge in [0.15, 0.2) is 11.0 Å². The lowest BCUT2D eigenvalue weighted by Gasteiger charge is -2.06. The van der Waals surface area contributed by atoms with Gasteiger partial charge in [0, 0.05) is 28.3 Å². The Labute approximate surface area is 142 Å². The van der Waals surface area contributed by atoms with Gasteiger partial charge in [-0.3, -0.25) is 0 Å². The number of aryl methyl sites for hydroxylation is 1. The molecule has 0 amide bonds.